The molecule has 2 heterocycles. The summed E-state index contributed by atoms with van der Waals surface area (Å²) in [7, 11) is 1.59. The lowest BCUT2D eigenvalue weighted by atomic mass is 10.2. The molecule has 0 amide bonds. The van der Waals surface area contributed by atoms with Crippen LogP contribution >= 0.6 is 0 Å². The molecule has 18 heavy (non-hydrogen) atoms. The van der Waals surface area contributed by atoms with E-state index in [2.05, 4.69) is 15.0 Å². The summed E-state index contributed by atoms with van der Waals surface area (Å²) >= 11 is 0. The Morgan fingerprint density at radius 2 is 2.17 bits per heavy atom. The molecular formula is C13H11N3O2. The first-order valence-corrected chi connectivity index (χ1v) is 5.49. The standard InChI is InChI=1S/C13H11N3O2/c1-18-8-2-3-9-10(6-8)16-11(7-12(9)17)13-14-4-5-15-13/h2-7H,1H3,(H,14,15)(H,16,17). The van der Waals surface area contributed by atoms with Crippen LogP contribution < -0.4 is 10.2 Å². The van der Waals surface area contributed by atoms with E-state index in [0.29, 0.717) is 22.7 Å². The predicted octanol–water partition coefficient (Wildman–Crippen LogP) is 1.93. The van der Waals surface area contributed by atoms with Crippen molar-refractivity contribution in [2.75, 3.05) is 7.11 Å². The third-order valence-corrected chi connectivity index (χ3v) is 2.79. The Hall–Kier alpha value is -2.56. The monoisotopic (exact) mass is 241 g/mol. The molecule has 0 aliphatic heterocycles. The Kier molecular flexibility index (Phi) is 2.37. The number of aromatic amines is 2. The van der Waals surface area contributed by atoms with Crippen molar-refractivity contribution in [2.45, 2.75) is 0 Å². The minimum Gasteiger partial charge on any atom is -0.497 e. The molecule has 0 saturated heterocycles. The van der Waals surface area contributed by atoms with Gasteiger partial charge in [0.15, 0.2) is 11.3 Å². The molecule has 1 aromatic carbocycles. The van der Waals surface area contributed by atoms with Crippen LogP contribution in [0.4, 0.5) is 0 Å². The molecule has 2 N–H and O–H groups in total. The molecule has 0 radical (unpaired) electrons. The van der Waals surface area contributed by atoms with Crippen molar-refractivity contribution in [1.29, 1.82) is 0 Å². The lowest BCUT2D eigenvalue weighted by Gasteiger charge is -2.04. The van der Waals surface area contributed by atoms with Crippen LogP contribution in [0.2, 0.25) is 0 Å². The van der Waals surface area contributed by atoms with E-state index in [0.717, 1.165) is 5.52 Å². The number of methoxy groups -OCH3 is 1. The normalized spacial score (nSPS) is 10.7. The first-order valence-electron chi connectivity index (χ1n) is 5.49. The third-order valence-electron chi connectivity index (χ3n) is 2.79. The largest absolute Gasteiger partial charge is 0.497 e. The lowest BCUT2D eigenvalue weighted by molar-refractivity contribution is 0.415. The highest BCUT2D eigenvalue weighted by molar-refractivity contribution is 5.82. The van der Waals surface area contributed by atoms with Crippen molar-refractivity contribution < 1.29 is 4.74 Å². The number of rotatable bonds is 2. The highest BCUT2D eigenvalue weighted by Gasteiger charge is 2.06. The van der Waals surface area contributed by atoms with Crippen molar-refractivity contribution in [3.8, 4) is 17.3 Å². The first kappa shape index (κ1) is 10.6. The Balaban J connectivity index is 2.28. The van der Waals surface area contributed by atoms with Crippen molar-refractivity contribution >= 4 is 10.9 Å². The van der Waals surface area contributed by atoms with Gasteiger partial charge in [-0.15, -0.1) is 0 Å². The molecular weight excluding hydrogens is 230 g/mol. The van der Waals surface area contributed by atoms with Gasteiger partial charge in [-0.2, -0.15) is 0 Å². The van der Waals surface area contributed by atoms with Gasteiger partial charge < -0.3 is 14.7 Å². The van der Waals surface area contributed by atoms with Gasteiger partial charge in [0.2, 0.25) is 0 Å². The Labute approximate surface area is 102 Å². The Morgan fingerprint density at radius 1 is 1.28 bits per heavy atom. The Morgan fingerprint density at radius 3 is 2.89 bits per heavy atom. The molecule has 0 bridgehead atoms. The second-order valence-corrected chi connectivity index (χ2v) is 3.90. The van der Waals surface area contributed by atoms with E-state index in [4.69, 9.17) is 4.74 Å². The molecule has 5 heteroatoms. The smallest absolute Gasteiger partial charge is 0.190 e. The van der Waals surface area contributed by atoms with Gasteiger partial charge in [0.25, 0.3) is 0 Å². The van der Waals surface area contributed by atoms with Crippen molar-refractivity contribution in [3.05, 3.63) is 46.9 Å². The fourth-order valence-corrected chi connectivity index (χ4v) is 1.90. The van der Waals surface area contributed by atoms with Crippen LogP contribution in [0, 0.1) is 0 Å². The predicted molar refractivity (Wildman–Crippen MR) is 68.7 cm³/mol. The maximum Gasteiger partial charge on any atom is 0.190 e. The van der Waals surface area contributed by atoms with Gasteiger partial charge in [0.1, 0.15) is 5.75 Å². The van der Waals surface area contributed by atoms with Gasteiger partial charge in [-0.1, -0.05) is 0 Å². The second-order valence-electron chi connectivity index (χ2n) is 3.90. The summed E-state index contributed by atoms with van der Waals surface area (Å²) in [6, 6.07) is 6.85. The molecule has 0 aliphatic carbocycles. The van der Waals surface area contributed by atoms with Crippen molar-refractivity contribution in [2.24, 2.45) is 0 Å². The van der Waals surface area contributed by atoms with Crippen LogP contribution in [-0.4, -0.2) is 22.1 Å². The fourth-order valence-electron chi connectivity index (χ4n) is 1.90. The maximum absolute atomic E-state index is 12.0. The van der Waals surface area contributed by atoms with Gasteiger partial charge >= 0.3 is 0 Å². The molecule has 0 saturated carbocycles. The number of hydrogen-bond acceptors (Lipinski definition) is 3. The molecule has 5 nitrogen and oxygen atoms in total. The van der Waals surface area contributed by atoms with Crippen LogP contribution in [-0.2, 0) is 0 Å². The van der Waals surface area contributed by atoms with E-state index in [9.17, 15) is 4.79 Å². The Bertz CT molecular complexity index is 745. The molecule has 90 valence electrons. The molecule has 2 aromatic heterocycles. The summed E-state index contributed by atoms with van der Waals surface area (Å²) in [5, 5.41) is 0.631. The van der Waals surface area contributed by atoms with E-state index in [1.54, 1.807) is 37.7 Å². The van der Waals surface area contributed by atoms with Crippen LogP contribution in [0.3, 0.4) is 0 Å². The number of imidazole rings is 1. The highest BCUT2D eigenvalue weighted by atomic mass is 16.5. The van der Waals surface area contributed by atoms with Gasteiger partial charge in [-0.25, -0.2) is 4.98 Å². The maximum atomic E-state index is 12.0. The molecule has 3 rings (SSSR count). The molecule has 3 aromatic rings. The van der Waals surface area contributed by atoms with E-state index < -0.39 is 0 Å². The topological polar surface area (TPSA) is 70.8 Å². The number of H-pyrrole nitrogens is 2. The summed E-state index contributed by atoms with van der Waals surface area (Å²) in [5.41, 5.74) is 1.34. The molecule has 0 unspecified atom stereocenters. The van der Waals surface area contributed by atoms with Crippen molar-refractivity contribution in [3.63, 3.8) is 0 Å². The number of fused-ring (bicyclic) bond motifs is 1. The minimum atomic E-state index is -0.0437. The quantitative estimate of drug-likeness (QED) is 0.720. The molecule has 0 fully saturated rings. The zero-order chi connectivity index (χ0) is 12.5. The zero-order valence-corrected chi connectivity index (χ0v) is 9.73. The van der Waals surface area contributed by atoms with E-state index >= 15 is 0 Å². The number of benzene rings is 1. The van der Waals surface area contributed by atoms with Gasteiger partial charge in [0.05, 0.1) is 18.3 Å². The van der Waals surface area contributed by atoms with E-state index in [1.165, 1.54) is 6.07 Å². The van der Waals surface area contributed by atoms with Gasteiger partial charge in [0, 0.05) is 29.9 Å². The first-order chi connectivity index (χ1) is 8.78. The van der Waals surface area contributed by atoms with Gasteiger partial charge in [-0.3, -0.25) is 4.79 Å². The zero-order valence-electron chi connectivity index (χ0n) is 9.73. The average Bonchev–Trinajstić information content (AvgIpc) is 2.91. The SMILES string of the molecule is COc1ccc2c(=O)cc(-c3ncc[nH]3)[nH]c2c1. The molecule has 0 spiro atoms. The number of aromatic nitrogens is 3. The average molecular weight is 241 g/mol. The van der Waals surface area contributed by atoms with Crippen LogP contribution in [0.25, 0.3) is 22.4 Å². The van der Waals surface area contributed by atoms with Crippen LogP contribution in [0.5, 0.6) is 5.75 Å². The minimum absolute atomic E-state index is 0.0437. The molecule has 0 aliphatic rings. The number of nitrogens with zero attached hydrogens (tertiary/aromatic N) is 1. The molecule has 0 atom stereocenters. The third kappa shape index (κ3) is 1.66. The van der Waals surface area contributed by atoms with Crippen LogP contribution in [0.1, 0.15) is 0 Å². The number of hydrogen-bond donors (Lipinski definition) is 2. The number of ether oxygens (including phenoxy) is 1. The fraction of sp³-hybridized carbons (Fsp3) is 0.0769. The lowest BCUT2D eigenvalue weighted by Crippen LogP contribution is -2.03. The van der Waals surface area contributed by atoms with E-state index in [-0.39, 0.29) is 5.43 Å². The van der Waals surface area contributed by atoms with E-state index in [1.807, 2.05) is 0 Å². The second kappa shape index (κ2) is 4.03. The van der Waals surface area contributed by atoms with Crippen LogP contribution in [0.15, 0.2) is 41.5 Å². The number of nitrogens with one attached hydrogen (secondary N) is 2. The summed E-state index contributed by atoms with van der Waals surface area (Å²) in [6.07, 6.45) is 3.35. The summed E-state index contributed by atoms with van der Waals surface area (Å²) in [6.45, 7) is 0. The number of pyridine rings is 1. The van der Waals surface area contributed by atoms with Gasteiger partial charge in [-0.05, 0) is 12.1 Å². The summed E-state index contributed by atoms with van der Waals surface area (Å²) in [5.74, 6) is 1.34. The highest BCUT2D eigenvalue weighted by Crippen LogP contribution is 2.19. The summed E-state index contributed by atoms with van der Waals surface area (Å²) in [4.78, 5) is 22.2. The summed E-state index contributed by atoms with van der Waals surface area (Å²) < 4.78 is 5.15. The van der Waals surface area contributed by atoms with Crippen molar-refractivity contribution in [1.82, 2.24) is 15.0 Å².